The Morgan fingerprint density at radius 1 is 1.12 bits per heavy atom. The maximum Gasteiger partial charge on any atom is 0.333 e. The van der Waals surface area contributed by atoms with Gasteiger partial charge in [-0.05, 0) is 48.9 Å². The summed E-state index contributed by atoms with van der Waals surface area (Å²) < 4.78 is 10.5. The molecule has 2 aromatic carbocycles. The lowest BCUT2D eigenvalue weighted by molar-refractivity contribution is -0.147. The summed E-state index contributed by atoms with van der Waals surface area (Å²) in [5.41, 5.74) is 3.23. The first kappa shape index (κ1) is 25.3. The fraction of sp³-hybridized carbons (Fsp3) is 0.360. The number of carbonyl (C=O) groups is 2. The summed E-state index contributed by atoms with van der Waals surface area (Å²) in [7, 11) is 0. The fourth-order valence-electron chi connectivity index (χ4n) is 3.04. The Kier molecular flexibility index (Phi) is 9.09. The average Bonchev–Trinajstić information content (AvgIpc) is 3.25. The molecule has 0 radical (unpaired) electrons. The number of phenols is 1. The van der Waals surface area contributed by atoms with E-state index in [-0.39, 0.29) is 30.2 Å². The van der Waals surface area contributed by atoms with Crippen LogP contribution in [0.3, 0.4) is 0 Å². The molecular formula is C25H29N3O5S. The summed E-state index contributed by atoms with van der Waals surface area (Å²) in [6.07, 6.45) is 1.23. The Balaban J connectivity index is 1.41. The van der Waals surface area contributed by atoms with Crippen molar-refractivity contribution in [3.8, 4) is 11.4 Å². The molecule has 1 unspecified atom stereocenters. The van der Waals surface area contributed by atoms with Gasteiger partial charge in [0.1, 0.15) is 22.5 Å². The van der Waals surface area contributed by atoms with Crippen LogP contribution in [0.15, 0.2) is 54.6 Å². The van der Waals surface area contributed by atoms with Gasteiger partial charge in [-0.15, -0.1) is 15.0 Å². The fourth-order valence-corrected chi connectivity index (χ4v) is 4.02. The number of aromatic hydroxyl groups is 1. The minimum absolute atomic E-state index is 0.0705. The van der Waals surface area contributed by atoms with Gasteiger partial charge in [0.15, 0.2) is 0 Å². The first-order chi connectivity index (χ1) is 16.3. The molecule has 3 aromatic rings. The quantitative estimate of drug-likeness (QED) is 0.233. The molecule has 1 heterocycles. The number of rotatable bonds is 12. The molecule has 0 amide bonds. The Hall–Kier alpha value is -3.33. The highest BCUT2D eigenvalue weighted by atomic mass is 32.2. The first-order valence-corrected chi connectivity index (χ1v) is 12.2. The highest BCUT2D eigenvalue weighted by molar-refractivity contribution is 7.99. The van der Waals surface area contributed by atoms with Crippen molar-refractivity contribution in [1.82, 2.24) is 15.0 Å². The maximum absolute atomic E-state index is 12.3. The van der Waals surface area contributed by atoms with Crippen LogP contribution in [0, 0.1) is 5.92 Å². The number of hydrogen-bond donors (Lipinski definition) is 1. The molecule has 0 bridgehead atoms. The van der Waals surface area contributed by atoms with Crippen LogP contribution in [0.2, 0.25) is 0 Å². The van der Waals surface area contributed by atoms with Gasteiger partial charge in [0, 0.05) is 17.7 Å². The zero-order valence-electron chi connectivity index (χ0n) is 19.4. The Bertz CT molecular complexity index is 1130. The lowest BCUT2D eigenvalue weighted by Crippen LogP contribution is -2.18. The van der Waals surface area contributed by atoms with Crippen molar-refractivity contribution in [3.63, 3.8) is 0 Å². The largest absolute Gasteiger partial charge is 0.506 e. The van der Waals surface area contributed by atoms with Crippen molar-refractivity contribution in [2.24, 2.45) is 5.92 Å². The SMILES string of the molecule is C=C(C)C(=O)OCCCSCC(C)C(=O)OCCc1ccc(O)c(-n2nc3ccccc3n2)c1. The number of fused-ring (bicyclic) bond motifs is 1. The van der Waals surface area contributed by atoms with Crippen LogP contribution < -0.4 is 0 Å². The van der Waals surface area contributed by atoms with Crippen LogP contribution in [0.1, 0.15) is 25.8 Å². The van der Waals surface area contributed by atoms with Crippen molar-refractivity contribution in [2.45, 2.75) is 26.7 Å². The molecule has 9 heteroatoms. The van der Waals surface area contributed by atoms with Gasteiger partial charge < -0.3 is 14.6 Å². The molecule has 0 saturated heterocycles. The Morgan fingerprint density at radius 3 is 2.50 bits per heavy atom. The number of nitrogens with zero attached hydrogens (tertiary/aromatic N) is 3. The molecule has 0 aliphatic heterocycles. The van der Waals surface area contributed by atoms with Crippen molar-refractivity contribution < 1.29 is 24.2 Å². The number of thioether (sulfide) groups is 1. The Morgan fingerprint density at radius 2 is 1.82 bits per heavy atom. The zero-order chi connectivity index (χ0) is 24.5. The highest BCUT2D eigenvalue weighted by Crippen LogP contribution is 2.23. The molecule has 1 aromatic heterocycles. The minimum Gasteiger partial charge on any atom is -0.506 e. The number of hydrogen-bond acceptors (Lipinski definition) is 8. The minimum atomic E-state index is -0.378. The topological polar surface area (TPSA) is 104 Å². The Labute approximate surface area is 202 Å². The second kappa shape index (κ2) is 12.2. The highest BCUT2D eigenvalue weighted by Gasteiger charge is 2.15. The van der Waals surface area contributed by atoms with E-state index in [1.54, 1.807) is 36.9 Å². The molecule has 0 saturated carbocycles. The van der Waals surface area contributed by atoms with Gasteiger partial charge in [0.05, 0.1) is 19.1 Å². The lowest BCUT2D eigenvalue weighted by Gasteiger charge is -2.12. The third-order valence-electron chi connectivity index (χ3n) is 4.96. The van der Waals surface area contributed by atoms with E-state index in [0.29, 0.717) is 30.0 Å². The summed E-state index contributed by atoms with van der Waals surface area (Å²) in [4.78, 5) is 25.0. The number of benzene rings is 2. The number of esters is 2. The first-order valence-electron chi connectivity index (χ1n) is 11.1. The molecule has 1 atom stereocenters. The van der Waals surface area contributed by atoms with E-state index in [0.717, 1.165) is 28.8 Å². The number of ether oxygens (including phenoxy) is 2. The van der Waals surface area contributed by atoms with Crippen LogP contribution >= 0.6 is 11.8 Å². The number of carbonyl (C=O) groups excluding carboxylic acids is 2. The summed E-state index contributed by atoms with van der Waals surface area (Å²) >= 11 is 1.62. The standard InChI is InChI=1S/C25H29N3O5S/c1-17(2)24(30)32-12-6-14-34-16-18(3)25(31)33-13-11-19-9-10-23(29)22(15-19)28-26-20-7-4-5-8-21(20)27-28/h4-5,7-10,15,18,29H,1,6,11-14,16H2,2-3H3. The van der Waals surface area contributed by atoms with Crippen molar-refractivity contribution in [2.75, 3.05) is 24.7 Å². The zero-order valence-corrected chi connectivity index (χ0v) is 20.2. The molecule has 0 fully saturated rings. The van der Waals surface area contributed by atoms with Gasteiger partial charge >= 0.3 is 11.9 Å². The van der Waals surface area contributed by atoms with Crippen LogP contribution in [-0.4, -0.2) is 56.8 Å². The molecule has 34 heavy (non-hydrogen) atoms. The molecule has 0 aliphatic rings. The smallest absolute Gasteiger partial charge is 0.333 e. The van der Waals surface area contributed by atoms with E-state index in [1.165, 1.54) is 4.80 Å². The molecule has 180 valence electrons. The van der Waals surface area contributed by atoms with Gasteiger partial charge in [0.2, 0.25) is 0 Å². The molecule has 8 nitrogen and oxygen atoms in total. The van der Waals surface area contributed by atoms with Gasteiger partial charge in [-0.1, -0.05) is 31.7 Å². The number of phenolic OH excluding ortho intramolecular Hbond substituents is 1. The average molecular weight is 484 g/mol. The predicted molar refractivity (Wildman–Crippen MR) is 132 cm³/mol. The van der Waals surface area contributed by atoms with Crippen molar-refractivity contribution >= 4 is 34.7 Å². The lowest BCUT2D eigenvalue weighted by atomic mass is 10.1. The van der Waals surface area contributed by atoms with E-state index < -0.39 is 0 Å². The predicted octanol–water partition coefficient (Wildman–Crippen LogP) is 4.09. The monoisotopic (exact) mass is 483 g/mol. The molecule has 3 rings (SSSR count). The van der Waals surface area contributed by atoms with Crippen LogP contribution in [0.5, 0.6) is 5.75 Å². The van der Waals surface area contributed by atoms with Crippen LogP contribution in [-0.2, 0) is 25.5 Å². The van der Waals surface area contributed by atoms with Gasteiger partial charge in [-0.2, -0.15) is 11.8 Å². The van der Waals surface area contributed by atoms with E-state index in [2.05, 4.69) is 16.8 Å². The third-order valence-corrected chi connectivity index (χ3v) is 6.27. The van der Waals surface area contributed by atoms with Crippen molar-refractivity contribution in [1.29, 1.82) is 0 Å². The molecule has 1 N–H and O–H groups in total. The summed E-state index contributed by atoms with van der Waals surface area (Å²) in [5, 5.41) is 19.1. The number of aromatic nitrogens is 3. The maximum atomic E-state index is 12.3. The third kappa shape index (κ3) is 7.08. The second-order valence-corrected chi connectivity index (χ2v) is 9.11. The normalized spacial score (nSPS) is 11.8. The van der Waals surface area contributed by atoms with Gasteiger partial charge in [-0.25, -0.2) is 4.79 Å². The van der Waals surface area contributed by atoms with Crippen molar-refractivity contribution in [3.05, 3.63) is 60.2 Å². The van der Waals surface area contributed by atoms with Gasteiger partial charge in [-0.3, -0.25) is 4.79 Å². The van der Waals surface area contributed by atoms with E-state index in [4.69, 9.17) is 9.47 Å². The van der Waals surface area contributed by atoms with E-state index >= 15 is 0 Å². The van der Waals surface area contributed by atoms with Gasteiger partial charge in [0.25, 0.3) is 0 Å². The molecular weight excluding hydrogens is 454 g/mol. The van der Waals surface area contributed by atoms with Crippen LogP contribution in [0.25, 0.3) is 16.7 Å². The molecule has 0 aliphatic carbocycles. The van der Waals surface area contributed by atoms with E-state index in [1.807, 2.05) is 31.2 Å². The summed E-state index contributed by atoms with van der Waals surface area (Å²) in [6.45, 7) is 7.57. The molecule has 0 spiro atoms. The van der Waals surface area contributed by atoms with Crippen LogP contribution in [0.4, 0.5) is 0 Å². The summed E-state index contributed by atoms with van der Waals surface area (Å²) in [6, 6.07) is 12.7. The summed E-state index contributed by atoms with van der Waals surface area (Å²) in [5.74, 6) is 0.626. The van der Waals surface area contributed by atoms with E-state index in [9.17, 15) is 14.7 Å². The second-order valence-electron chi connectivity index (χ2n) is 7.96.